The Bertz CT molecular complexity index is 1550. The van der Waals surface area contributed by atoms with Crippen molar-refractivity contribution in [2.45, 2.75) is 12.8 Å². The molecule has 1 aliphatic carbocycles. The maximum atomic E-state index is 2.42. The molecular weight excluding hydrogens is 408 g/mol. The Hall–Kier alpha value is -4.16. The molecule has 0 fully saturated rings. The van der Waals surface area contributed by atoms with Gasteiger partial charge < -0.3 is 0 Å². The Kier molecular flexibility index (Phi) is 4.38. The minimum atomic E-state index is 0.971. The molecule has 0 amide bonds. The smallest absolute Gasteiger partial charge is 0.00135 e. The summed E-state index contributed by atoms with van der Waals surface area (Å²) >= 11 is 0. The second-order valence-corrected chi connectivity index (χ2v) is 9.31. The van der Waals surface area contributed by atoms with E-state index in [1.807, 2.05) is 0 Å². The van der Waals surface area contributed by atoms with Gasteiger partial charge >= 0.3 is 0 Å². The predicted molar refractivity (Wildman–Crippen MR) is 144 cm³/mol. The fraction of sp³-hybridized carbons (Fsp3) is 0.0588. The van der Waals surface area contributed by atoms with Gasteiger partial charge in [-0.3, -0.25) is 0 Å². The second-order valence-electron chi connectivity index (χ2n) is 9.31. The lowest BCUT2D eigenvalue weighted by Gasteiger charge is -2.28. The van der Waals surface area contributed by atoms with E-state index >= 15 is 0 Å². The molecular formula is C34H24. The molecule has 1 aliphatic rings. The quantitative estimate of drug-likeness (QED) is 0.239. The van der Waals surface area contributed by atoms with Gasteiger partial charge in [-0.1, -0.05) is 109 Å². The van der Waals surface area contributed by atoms with Gasteiger partial charge in [0.15, 0.2) is 0 Å². The van der Waals surface area contributed by atoms with E-state index in [9.17, 15) is 0 Å². The lowest BCUT2D eigenvalue weighted by atomic mass is 9.75. The molecule has 34 heavy (non-hydrogen) atoms. The Balaban J connectivity index is 1.68. The van der Waals surface area contributed by atoms with Gasteiger partial charge in [-0.05, 0) is 91.0 Å². The summed E-state index contributed by atoms with van der Waals surface area (Å²) in [7, 11) is 0. The fourth-order valence-electron chi connectivity index (χ4n) is 5.82. The first-order valence-corrected chi connectivity index (χ1v) is 12.0. The normalized spacial score (nSPS) is 12.5. The van der Waals surface area contributed by atoms with Crippen molar-refractivity contribution in [1.82, 2.24) is 0 Å². The highest BCUT2D eigenvalue weighted by Gasteiger charge is 2.26. The first kappa shape index (κ1) is 19.3. The Morgan fingerprint density at radius 1 is 0.382 bits per heavy atom. The Morgan fingerprint density at radius 3 is 1.21 bits per heavy atom. The minimum absolute atomic E-state index is 0.971. The van der Waals surface area contributed by atoms with Crippen LogP contribution in [0.5, 0.6) is 0 Å². The van der Waals surface area contributed by atoms with Crippen molar-refractivity contribution in [2.24, 2.45) is 0 Å². The van der Waals surface area contributed by atoms with Crippen LogP contribution in [0.1, 0.15) is 22.3 Å². The van der Waals surface area contributed by atoms with Crippen LogP contribution in [0.2, 0.25) is 0 Å². The molecule has 0 N–H and O–H groups in total. The van der Waals surface area contributed by atoms with E-state index in [1.165, 1.54) is 66.1 Å². The molecule has 7 rings (SSSR count). The summed E-state index contributed by atoms with van der Waals surface area (Å²) in [4.78, 5) is 0. The molecule has 0 saturated carbocycles. The van der Waals surface area contributed by atoms with Crippen LogP contribution in [0.15, 0.2) is 121 Å². The van der Waals surface area contributed by atoms with Gasteiger partial charge in [-0.15, -0.1) is 0 Å². The van der Waals surface area contributed by atoms with Gasteiger partial charge in [-0.2, -0.15) is 0 Å². The standard InChI is InChI=1S/C34H24/c1-3-11-23(12-4-1)33-29-19-25-15-7-9-17-27(25)21-31(29)34(24-13-5-2-6-14-24)32-22-28-18-10-8-16-26(28)20-30(32)33/h1-19,21H,20,22H2. The summed E-state index contributed by atoms with van der Waals surface area (Å²) in [5.74, 6) is 0. The fourth-order valence-corrected chi connectivity index (χ4v) is 5.82. The van der Waals surface area contributed by atoms with E-state index in [2.05, 4.69) is 121 Å². The molecule has 0 atom stereocenters. The van der Waals surface area contributed by atoms with Crippen molar-refractivity contribution < 1.29 is 0 Å². The summed E-state index contributed by atoms with van der Waals surface area (Å²) in [5, 5.41) is 5.29. The SMILES string of the molecule is c1ccc(-c2c3c(c(-c4ccccc4)c4cc5ccccc5cc24)Cc2ccccc2C3)cc1. The van der Waals surface area contributed by atoms with E-state index in [4.69, 9.17) is 0 Å². The van der Waals surface area contributed by atoms with E-state index in [1.54, 1.807) is 0 Å². The van der Waals surface area contributed by atoms with Crippen LogP contribution in [0.25, 0.3) is 43.8 Å². The molecule has 0 heteroatoms. The number of rotatable bonds is 2. The molecule has 6 aromatic carbocycles. The first-order valence-electron chi connectivity index (χ1n) is 12.0. The average molecular weight is 433 g/mol. The van der Waals surface area contributed by atoms with Crippen molar-refractivity contribution >= 4 is 21.5 Å². The van der Waals surface area contributed by atoms with Gasteiger partial charge in [0.25, 0.3) is 0 Å². The van der Waals surface area contributed by atoms with Gasteiger partial charge in [-0.25, -0.2) is 0 Å². The maximum absolute atomic E-state index is 2.42. The number of hydrogen-bond donors (Lipinski definition) is 0. The van der Waals surface area contributed by atoms with Crippen molar-refractivity contribution in [3.63, 3.8) is 0 Å². The topological polar surface area (TPSA) is 0 Å². The van der Waals surface area contributed by atoms with Crippen LogP contribution in [-0.2, 0) is 12.8 Å². The Morgan fingerprint density at radius 2 is 0.765 bits per heavy atom. The second kappa shape index (κ2) is 7.71. The largest absolute Gasteiger partial charge is 0.0622 e. The van der Waals surface area contributed by atoms with Gasteiger partial charge in [0.2, 0.25) is 0 Å². The summed E-state index contributed by atoms with van der Waals surface area (Å²) in [6.45, 7) is 0. The third kappa shape index (κ3) is 2.99. The zero-order valence-electron chi connectivity index (χ0n) is 19.0. The van der Waals surface area contributed by atoms with Crippen molar-refractivity contribution in [1.29, 1.82) is 0 Å². The van der Waals surface area contributed by atoms with Gasteiger partial charge in [0.05, 0.1) is 0 Å². The van der Waals surface area contributed by atoms with E-state index < -0.39 is 0 Å². The molecule has 0 nitrogen and oxygen atoms in total. The molecule has 0 spiro atoms. The van der Waals surface area contributed by atoms with E-state index in [0.29, 0.717) is 0 Å². The molecule has 0 radical (unpaired) electrons. The molecule has 0 unspecified atom stereocenters. The zero-order valence-corrected chi connectivity index (χ0v) is 19.0. The summed E-state index contributed by atoms with van der Waals surface area (Å²) in [6.07, 6.45) is 1.94. The highest BCUT2D eigenvalue weighted by atomic mass is 14.3. The van der Waals surface area contributed by atoms with Crippen LogP contribution < -0.4 is 0 Å². The van der Waals surface area contributed by atoms with Crippen molar-refractivity contribution in [3.05, 3.63) is 144 Å². The lowest BCUT2D eigenvalue weighted by molar-refractivity contribution is 1.01. The van der Waals surface area contributed by atoms with E-state index in [-0.39, 0.29) is 0 Å². The lowest BCUT2D eigenvalue weighted by Crippen LogP contribution is -2.11. The third-order valence-corrected chi connectivity index (χ3v) is 7.37. The highest BCUT2D eigenvalue weighted by Crippen LogP contribution is 2.46. The van der Waals surface area contributed by atoms with Crippen LogP contribution in [0.4, 0.5) is 0 Å². The third-order valence-electron chi connectivity index (χ3n) is 7.37. The van der Waals surface area contributed by atoms with Crippen molar-refractivity contribution in [2.75, 3.05) is 0 Å². The monoisotopic (exact) mass is 432 g/mol. The molecule has 0 bridgehead atoms. The van der Waals surface area contributed by atoms with E-state index in [0.717, 1.165) is 12.8 Å². The molecule has 0 heterocycles. The number of fused-ring (bicyclic) bond motifs is 4. The summed E-state index contributed by atoms with van der Waals surface area (Å²) < 4.78 is 0. The predicted octanol–water partition coefficient (Wildman–Crippen LogP) is 8.82. The average Bonchev–Trinajstić information content (AvgIpc) is 2.90. The van der Waals surface area contributed by atoms with Crippen LogP contribution in [0, 0.1) is 0 Å². The molecule has 160 valence electrons. The molecule has 0 saturated heterocycles. The zero-order chi connectivity index (χ0) is 22.5. The molecule has 0 aliphatic heterocycles. The Labute approximate surface area is 200 Å². The maximum Gasteiger partial charge on any atom is -0.00135 e. The first-order chi connectivity index (χ1) is 16.9. The van der Waals surface area contributed by atoms with Crippen LogP contribution in [0.3, 0.4) is 0 Å². The minimum Gasteiger partial charge on any atom is -0.0622 e. The van der Waals surface area contributed by atoms with Gasteiger partial charge in [0.1, 0.15) is 0 Å². The molecule has 6 aromatic rings. The highest BCUT2D eigenvalue weighted by molar-refractivity contribution is 6.13. The number of benzene rings is 6. The summed E-state index contributed by atoms with van der Waals surface area (Å²) in [5.41, 5.74) is 11.3. The van der Waals surface area contributed by atoms with Crippen molar-refractivity contribution in [3.8, 4) is 22.3 Å². The molecule has 0 aromatic heterocycles. The van der Waals surface area contributed by atoms with Gasteiger partial charge in [0, 0.05) is 0 Å². The number of hydrogen-bond acceptors (Lipinski definition) is 0. The summed E-state index contributed by atoms with van der Waals surface area (Å²) in [6, 6.07) is 44.5. The van der Waals surface area contributed by atoms with Crippen LogP contribution >= 0.6 is 0 Å². The van der Waals surface area contributed by atoms with Crippen LogP contribution in [-0.4, -0.2) is 0 Å².